The van der Waals surface area contributed by atoms with Crippen LogP contribution in [0.4, 0.5) is 0 Å². The summed E-state index contributed by atoms with van der Waals surface area (Å²) >= 11 is 0. The van der Waals surface area contributed by atoms with Crippen molar-refractivity contribution in [2.24, 2.45) is 0 Å². The van der Waals surface area contributed by atoms with Gasteiger partial charge in [-0.2, -0.15) is 0 Å². The molecule has 2 atom stereocenters. The number of nitrogens with one attached hydrogen (secondary N) is 3. The van der Waals surface area contributed by atoms with Crippen LogP contribution in [0.15, 0.2) is 84.9 Å². The van der Waals surface area contributed by atoms with Crippen LogP contribution in [-0.2, 0) is 16.0 Å². The molecule has 174 valence electrons. The van der Waals surface area contributed by atoms with E-state index in [1.807, 2.05) is 48.5 Å². The van der Waals surface area contributed by atoms with Crippen molar-refractivity contribution in [1.82, 2.24) is 16.0 Å². The van der Waals surface area contributed by atoms with Gasteiger partial charge in [-0.3, -0.25) is 14.4 Å². The van der Waals surface area contributed by atoms with Crippen LogP contribution in [-0.4, -0.2) is 24.3 Å². The lowest BCUT2D eigenvalue weighted by Crippen LogP contribution is -2.41. The Morgan fingerprint density at radius 3 is 2.26 bits per heavy atom. The maximum Gasteiger partial charge on any atom is 0.251 e. The van der Waals surface area contributed by atoms with E-state index < -0.39 is 6.04 Å². The van der Waals surface area contributed by atoms with Gasteiger partial charge in [0.1, 0.15) is 0 Å². The third kappa shape index (κ3) is 6.10. The Morgan fingerprint density at radius 2 is 1.50 bits per heavy atom. The lowest BCUT2D eigenvalue weighted by molar-refractivity contribution is -0.126. The smallest absolute Gasteiger partial charge is 0.251 e. The van der Waals surface area contributed by atoms with E-state index in [-0.39, 0.29) is 36.7 Å². The maximum absolute atomic E-state index is 12.7. The summed E-state index contributed by atoms with van der Waals surface area (Å²) in [7, 11) is 0. The minimum absolute atomic E-state index is 0.0299. The summed E-state index contributed by atoms with van der Waals surface area (Å²) in [5.74, 6) is -0.781. The highest BCUT2D eigenvalue weighted by Crippen LogP contribution is 2.29. The number of hydrogen-bond acceptors (Lipinski definition) is 3. The molecule has 4 rings (SSSR count). The van der Waals surface area contributed by atoms with E-state index in [1.54, 1.807) is 24.3 Å². The van der Waals surface area contributed by atoms with Crippen LogP contribution in [0.25, 0.3) is 0 Å². The molecular formula is C28H29N3O3. The Labute approximate surface area is 199 Å². The van der Waals surface area contributed by atoms with Gasteiger partial charge in [0.2, 0.25) is 11.8 Å². The molecular weight excluding hydrogens is 426 g/mol. The fourth-order valence-electron chi connectivity index (χ4n) is 4.35. The first-order valence-corrected chi connectivity index (χ1v) is 11.6. The zero-order chi connectivity index (χ0) is 23.8. The predicted octanol–water partition coefficient (Wildman–Crippen LogP) is 3.86. The third-order valence-corrected chi connectivity index (χ3v) is 6.08. The number of aryl methyl sites for hydroxylation is 1. The van der Waals surface area contributed by atoms with Crippen molar-refractivity contribution in [3.8, 4) is 0 Å². The van der Waals surface area contributed by atoms with Crippen LogP contribution < -0.4 is 16.0 Å². The zero-order valence-electron chi connectivity index (χ0n) is 19.0. The zero-order valence-corrected chi connectivity index (χ0v) is 19.0. The third-order valence-electron chi connectivity index (χ3n) is 6.08. The average Bonchev–Trinajstić information content (AvgIpc) is 2.88. The summed E-state index contributed by atoms with van der Waals surface area (Å²) in [6.07, 6.45) is 2.96. The minimum Gasteiger partial charge on any atom is -0.348 e. The summed E-state index contributed by atoms with van der Waals surface area (Å²) in [6.45, 7) is -0.106. The summed E-state index contributed by atoms with van der Waals surface area (Å²) in [5.41, 5.74) is 3.77. The first kappa shape index (κ1) is 23.2. The molecule has 0 bridgehead atoms. The molecule has 2 unspecified atom stereocenters. The van der Waals surface area contributed by atoms with E-state index in [0.29, 0.717) is 5.56 Å². The highest BCUT2D eigenvalue weighted by molar-refractivity contribution is 5.95. The fraction of sp³-hybridized carbons (Fsp3) is 0.250. The second-order valence-electron chi connectivity index (χ2n) is 8.49. The number of hydrogen-bond donors (Lipinski definition) is 3. The van der Waals surface area contributed by atoms with Gasteiger partial charge in [-0.25, -0.2) is 0 Å². The molecule has 1 aliphatic rings. The standard InChI is InChI=1S/C28H29N3O3/c32-26(29-19-27(33)30-24-17-9-15-20-10-7-8-16-23(20)24)18-25(21-11-3-1-4-12-21)31-28(34)22-13-5-2-6-14-22/h1-8,10-14,16,24-25H,9,15,17-19H2,(H,29,32)(H,30,33)(H,31,34). The van der Waals surface area contributed by atoms with Gasteiger partial charge in [0.25, 0.3) is 5.91 Å². The first-order chi connectivity index (χ1) is 16.6. The minimum atomic E-state index is -0.512. The molecule has 0 spiro atoms. The van der Waals surface area contributed by atoms with Gasteiger partial charge in [-0.05, 0) is 48.1 Å². The number of amides is 3. The molecule has 0 radical (unpaired) electrons. The van der Waals surface area contributed by atoms with Gasteiger partial charge >= 0.3 is 0 Å². The first-order valence-electron chi connectivity index (χ1n) is 11.6. The topological polar surface area (TPSA) is 87.3 Å². The molecule has 3 aromatic carbocycles. The number of carbonyl (C=O) groups excluding carboxylic acids is 3. The van der Waals surface area contributed by atoms with Crippen molar-refractivity contribution >= 4 is 17.7 Å². The number of rotatable bonds is 8. The lowest BCUT2D eigenvalue weighted by Gasteiger charge is -2.26. The molecule has 3 amide bonds. The molecule has 3 aromatic rings. The van der Waals surface area contributed by atoms with Crippen LogP contribution in [0.5, 0.6) is 0 Å². The molecule has 0 fully saturated rings. The van der Waals surface area contributed by atoms with E-state index in [1.165, 1.54) is 5.56 Å². The average molecular weight is 456 g/mol. The summed E-state index contributed by atoms with van der Waals surface area (Å²) in [6, 6.07) is 25.9. The Balaban J connectivity index is 1.34. The van der Waals surface area contributed by atoms with Crippen molar-refractivity contribution in [2.45, 2.75) is 37.8 Å². The van der Waals surface area contributed by atoms with Crippen LogP contribution in [0, 0.1) is 0 Å². The SMILES string of the molecule is O=C(CC(NC(=O)c1ccccc1)c1ccccc1)NCC(=O)NC1CCCc2ccccc21. The molecule has 0 saturated carbocycles. The monoisotopic (exact) mass is 455 g/mol. The van der Waals surface area contributed by atoms with Gasteiger partial charge in [0.05, 0.1) is 25.0 Å². The number of fused-ring (bicyclic) bond motifs is 1. The second-order valence-corrected chi connectivity index (χ2v) is 8.49. The maximum atomic E-state index is 12.7. The Bertz CT molecular complexity index is 1130. The van der Waals surface area contributed by atoms with E-state index >= 15 is 0 Å². The van der Waals surface area contributed by atoms with Gasteiger partial charge in [0.15, 0.2) is 0 Å². The van der Waals surface area contributed by atoms with Crippen molar-refractivity contribution in [2.75, 3.05) is 6.54 Å². The quantitative estimate of drug-likeness (QED) is 0.482. The van der Waals surface area contributed by atoms with Gasteiger partial charge < -0.3 is 16.0 Å². The summed E-state index contributed by atoms with van der Waals surface area (Å²) in [5, 5.41) is 8.70. The molecule has 3 N–H and O–H groups in total. The number of benzene rings is 3. The summed E-state index contributed by atoms with van der Waals surface area (Å²) < 4.78 is 0. The highest BCUT2D eigenvalue weighted by atomic mass is 16.2. The molecule has 6 nitrogen and oxygen atoms in total. The van der Waals surface area contributed by atoms with Gasteiger partial charge in [0, 0.05) is 5.56 Å². The summed E-state index contributed by atoms with van der Waals surface area (Å²) in [4.78, 5) is 37.9. The van der Waals surface area contributed by atoms with E-state index in [9.17, 15) is 14.4 Å². The van der Waals surface area contributed by atoms with Crippen LogP contribution in [0.2, 0.25) is 0 Å². The van der Waals surface area contributed by atoms with Crippen molar-refractivity contribution in [3.63, 3.8) is 0 Å². The normalized spacial score (nSPS) is 15.5. The predicted molar refractivity (Wildman–Crippen MR) is 131 cm³/mol. The molecule has 0 aliphatic heterocycles. The van der Waals surface area contributed by atoms with Crippen LogP contribution in [0.1, 0.15) is 58.4 Å². The second kappa shape index (κ2) is 11.3. The Kier molecular flexibility index (Phi) is 7.71. The fourth-order valence-corrected chi connectivity index (χ4v) is 4.35. The van der Waals surface area contributed by atoms with E-state index in [0.717, 1.165) is 30.4 Å². The van der Waals surface area contributed by atoms with Gasteiger partial charge in [-0.15, -0.1) is 0 Å². The van der Waals surface area contributed by atoms with Crippen molar-refractivity contribution < 1.29 is 14.4 Å². The van der Waals surface area contributed by atoms with Crippen LogP contribution >= 0.6 is 0 Å². The molecule has 0 saturated heterocycles. The number of carbonyl (C=O) groups is 3. The van der Waals surface area contributed by atoms with E-state index in [2.05, 4.69) is 28.1 Å². The van der Waals surface area contributed by atoms with Crippen LogP contribution in [0.3, 0.4) is 0 Å². The molecule has 0 aromatic heterocycles. The Hall–Kier alpha value is -3.93. The highest BCUT2D eigenvalue weighted by Gasteiger charge is 2.23. The largest absolute Gasteiger partial charge is 0.348 e. The lowest BCUT2D eigenvalue weighted by atomic mass is 9.88. The molecule has 34 heavy (non-hydrogen) atoms. The Morgan fingerprint density at radius 1 is 0.824 bits per heavy atom. The van der Waals surface area contributed by atoms with Crippen molar-refractivity contribution in [3.05, 3.63) is 107 Å². The molecule has 1 aliphatic carbocycles. The van der Waals surface area contributed by atoms with Gasteiger partial charge in [-0.1, -0.05) is 72.8 Å². The molecule has 6 heteroatoms. The molecule has 0 heterocycles. The van der Waals surface area contributed by atoms with Crippen molar-refractivity contribution in [1.29, 1.82) is 0 Å². The van der Waals surface area contributed by atoms with E-state index in [4.69, 9.17) is 0 Å².